The number of aryl methyl sites for hydroxylation is 2. The van der Waals surface area contributed by atoms with Crippen LogP contribution in [0.2, 0.25) is 0 Å². The number of aromatic nitrogens is 6. The summed E-state index contributed by atoms with van der Waals surface area (Å²) in [5.41, 5.74) is 1.99. The maximum atomic E-state index is 13.1. The maximum Gasteiger partial charge on any atom is 0.262 e. The van der Waals surface area contributed by atoms with Crippen molar-refractivity contribution in [2.45, 2.75) is 32.2 Å². The van der Waals surface area contributed by atoms with Gasteiger partial charge in [0.1, 0.15) is 16.0 Å². The quantitative estimate of drug-likeness (QED) is 0.460. The third kappa shape index (κ3) is 2.28. The lowest BCUT2D eigenvalue weighted by atomic mass is 9.97. The molecular weight excluding hydrogens is 380 g/mol. The minimum Gasteiger partial charge on any atom is -0.291 e. The lowest BCUT2D eigenvalue weighted by molar-refractivity contribution is 0.690. The van der Waals surface area contributed by atoms with Crippen LogP contribution in [0.1, 0.15) is 29.1 Å². The summed E-state index contributed by atoms with van der Waals surface area (Å²) >= 11 is 3.25. The third-order valence-electron chi connectivity index (χ3n) is 5.10. The standard InChI is InChI=1S/C18H14N6OS2/c25-18-14-10-3-1-2-4-12(10)27-17(14)19-8-23(18)7-13-21-15-11-5-6-26-16(11)20-9-24(15)22-13/h5-6,8-9H,1-4,7H2. The van der Waals surface area contributed by atoms with E-state index >= 15 is 0 Å². The molecule has 9 heteroatoms. The van der Waals surface area contributed by atoms with Gasteiger partial charge in [0.05, 0.1) is 23.6 Å². The van der Waals surface area contributed by atoms with Crippen LogP contribution in [0.5, 0.6) is 0 Å². The SMILES string of the molecule is O=c1c2c3c(sc2ncn1Cc1nc2c4ccsc4ncn2n1)CCCC3. The second-order valence-electron chi connectivity index (χ2n) is 6.75. The molecule has 0 aliphatic heterocycles. The highest BCUT2D eigenvalue weighted by Gasteiger charge is 2.20. The zero-order valence-corrected chi connectivity index (χ0v) is 15.9. The molecule has 0 bridgehead atoms. The second kappa shape index (κ2) is 5.67. The molecule has 1 aliphatic rings. The highest BCUT2D eigenvalue weighted by atomic mass is 32.1. The van der Waals surface area contributed by atoms with Gasteiger partial charge in [0.2, 0.25) is 0 Å². The predicted octanol–water partition coefficient (Wildman–Crippen LogP) is 3.04. The van der Waals surface area contributed by atoms with Crippen LogP contribution in [-0.4, -0.2) is 29.1 Å². The van der Waals surface area contributed by atoms with Crippen molar-refractivity contribution in [3.8, 4) is 0 Å². The summed E-state index contributed by atoms with van der Waals surface area (Å²) in [6, 6.07) is 2.00. The minimum atomic E-state index is 0.0112. The predicted molar refractivity (Wildman–Crippen MR) is 106 cm³/mol. The van der Waals surface area contributed by atoms with Crippen LogP contribution in [0.25, 0.3) is 26.1 Å². The van der Waals surface area contributed by atoms with E-state index in [1.54, 1.807) is 44.4 Å². The number of fused-ring (bicyclic) bond motifs is 6. The second-order valence-corrected chi connectivity index (χ2v) is 8.73. The van der Waals surface area contributed by atoms with E-state index in [4.69, 9.17) is 0 Å². The van der Waals surface area contributed by atoms with Crippen molar-refractivity contribution in [1.82, 2.24) is 29.1 Å². The molecule has 1 aliphatic carbocycles. The summed E-state index contributed by atoms with van der Waals surface area (Å²) in [5, 5.41) is 8.27. The number of rotatable bonds is 2. The molecule has 0 radical (unpaired) electrons. The smallest absolute Gasteiger partial charge is 0.262 e. The van der Waals surface area contributed by atoms with Gasteiger partial charge < -0.3 is 0 Å². The van der Waals surface area contributed by atoms with Crippen LogP contribution in [0.4, 0.5) is 0 Å². The molecule has 6 rings (SSSR count). The van der Waals surface area contributed by atoms with Crippen LogP contribution in [-0.2, 0) is 19.4 Å². The lowest BCUT2D eigenvalue weighted by Crippen LogP contribution is -2.22. The highest BCUT2D eigenvalue weighted by Crippen LogP contribution is 2.33. The summed E-state index contributed by atoms with van der Waals surface area (Å²) in [6.45, 7) is 0.305. The molecule has 5 heterocycles. The van der Waals surface area contributed by atoms with Crippen LogP contribution < -0.4 is 5.56 Å². The number of hydrogen-bond donors (Lipinski definition) is 0. The fourth-order valence-electron chi connectivity index (χ4n) is 3.82. The van der Waals surface area contributed by atoms with Crippen molar-refractivity contribution in [2.75, 3.05) is 0 Å². The van der Waals surface area contributed by atoms with Gasteiger partial charge in [-0.2, -0.15) is 0 Å². The zero-order valence-electron chi connectivity index (χ0n) is 14.3. The highest BCUT2D eigenvalue weighted by molar-refractivity contribution is 7.18. The van der Waals surface area contributed by atoms with E-state index in [0.717, 1.165) is 45.3 Å². The Kier molecular flexibility index (Phi) is 3.24. The summed E-state index contributed by atoms with van der Waals surface area (Å²) in [6.07, 6.45) is 7.67. The van der Waals surface area contributed by atoms with Crippen molar-refractivity contribution >= 4 is 48.8 Å². The van der Waals surface area contributed by atoms with Gasteiger partial charge in [-0.25, -0.2) is 19.5 Å². The molecule has 0 unspecified atom stereocenters. The van der Waals surface area contributed by atoms with E-state index in [9.17, 15) is 4.79 Å². The molecule has 5 aromatic heterocycles. The first-order valence-corrected chi connectivity index (χ1v) is 10.5. The van der Waals surface area contributed by atoms with E-state index in [2.05, 4.69) is 20.1 Å². The molecule has 0 saturated heterocycles. The van der Waals surface area contributed by atoms with Crippen LogP contribution >= 0.6 is 22.7 Å². The van der Waals surface area contributed by atoms with Crippen LogP contribution in [0, 0.1) is 0 Å². The van der Waals surface area contributed by atoms with Gasteiger partial charge in [0.15, 0.2) is 11.5 Å². The molecule has 5 aromatic rings. The van der Waals surface area contributed by atoms with Crippen LogP contribution in [0.3, 0.4) is 0 Å². The summed E-state index contributed by atoms with van der Waals surface area (Å²) in [7, 11) is 0. The summed E-state index contributed by atoms with van der Waals surface area (Å²) < 4.78 is 3.30. The lowest BCUT2D eigenvalue weighted by Gasteiger charge is -2.10. The van der Waals surface area contributed by atoms with Crippen molar-refractivity contribution in [3.05, 3.63) is 50.7 Å². The number of hydrogen-bond acceptors (Lipinski definition) is 7. The molecule has 0 saturated carbocycles. The largest absolute Gasteiger partial charge is 0.291 e. The van der Waals surface area contributed by atoms with E-state index in [1.165, 1.54) is 16.9 Å². The zero-order chi connectivity index (χ0) is 18.0. The van der Waals surface area contributed by atoms with Crippen molar-refractivity contribution in [2.24, 2.45) is 0 Å². The Morgan fingerprint density at radius 1 is 1.11 bits per heavy atom. The molecule has 0 spiro atoms. The average Bonchev–Trinajstić information content (AvgIpc) is 3.38. The molecule has 7 nitrogen and oxygen atoms in total. The molecule has 27 heavy (non-hydrogen) atoms. The third-order valence-corrected chi connectivity index (χ3v) is 7.12. The normalized spacial score (nSPS) is 14.4. The van der Waals surface area contributed by atoms with Gasteiger partial charge in [0, 0.05) is 4.88 Å². The van der Waals surface area contributed by atoms with E-state index in [0.29, 0.717) is 12.4 Å². The van der Waals surface area contributed by atoms with Gasteiger partial charge in [-0.1, -0.05) is 0 Å². The average molecular weight is 394 g/mol. The van der Waals surface area contributed by atoms with Crippen molar-refractivity contribution in [1.29, 1.82) is 0 Å². The fraction of sp³-hybridized carbons (Fsp3) is 0.278. The topological polar surface area (TPSA) is 78.0 Å². The number of nitrogens with zero attached hydrogens (tertiary/aromatic N) is 6. The molecular formula is C18H14N6OS2. The molecule has 0 aromatic carbocycles. The summed E-state index contributed by atoms with van der Waals surface area (Å²) in [4.78, 5) is 29.8. The Morgan fingerprint density at radius 2 is 2.00 bits per heavy atom. The first-order valence-electron chi connectivity index (χ1n) is 8.85. The maximum absolute atomic E-state index is 13.1. The van der Waals surface area contributed by atoms with Gasteiger partial charge in [-0.05, 0) is 42.7 Å². The van der Waals surface area contributed by atoms with E-state index in [1.807, 2.05) is 11.4 Å². The molecule has 134 valence electrons. The molecule has 0 atom stereocenters. The molecule has 0 N–H and O–H groups in total. The molecule has 0 fully saturated rings. The van der Waals surface area contributed by atoms with Gasteiger partial charge in [-0.3, -0.25) is 9.36 Å². The summed E-state index contributed by atoms with van der Waals surface area (Å²) in [5.74, 6) is 0.586. The Morgan fingerprint density at radius 3 is 2.96 bits per heavy atom. The van der Waals surface area contributed by atoms with Crippen molar-refractivity contribution < 1.29 is 0 Å². The van der Waals surface area contributed by atoms with Gasteiger partial charge in [-0.15, -0.1) is 27.8 Å². The van der Waals surface area contributed by atoms with E-state index < -0.39 is 0 Å². The Hall–Kier alpha value is -2.65. The number of thiophene rings is 2. The Balaban J connectivity index is 1.47. The minimum absolute atomic E-state index is 0.0112. The molecule has 0 amide bonds. The first kappa shape index (κ1) is 15.4. The monoisotopic (exact) mass is 394 g/mol. The van der Waals surface area contributed by atoms with Gasteiger partial charge >= 0.3 is 0 Å². The van der Waals surface area contributed by atoms with Crippen molar-refractivity contribution in [3.63, 3.8) is 0 Å². The van der Waals surface area contributed by atoms with Gasteiger partial charge in [0.25, 0.3) is 5.56 Å². The first-order chi connectivity index (χ1) is 13.3. The Bertz CT molecular complexity index is 1390. The Labute approximate surface area is 161 Å². The van der Waals surface area contributed by atoms with E-state index in [-0.39, 0.29) is 5.56 Å². The van der Waals surface area contributed by atoms with Crippen LogP contribution in [0.15, 0.2) is 28.9 Å². The fourth-order valence-corrected chi connectivity index (χ4v) is 5.77.